The van der Waals surface area contributed by atoms with Crippen molar-refractivity contribution in [2.75, 3.05) is 6.54 Å². The normalized spacial score (nSPS) is 20.2. The van der Waals surface area contributed by atoms with Crippen LogP contribution >= 0.6 is 0 Å². The smallest absolute Gasteiger partial charge is 0.336 e. The highest BCUT2D eigenvalue weighted by Crippen LogP contribution is 2.22. The summed E-state index contributed by atoms with van der Waals surface area (Å²) in [6.45, 7) is 3.79. The van der Waals surface area contributed by atoms with E-state index < -0.39 is 30.1 Å². The van der Waals surface area contributed by atoms with Crippen LogP contribution in [-0.4, -0.2) is 47.7 Å². The summed E-state index contributed by atoms with van der Waals surface area (Å²) >= 11 is 0. The van der Waals surface area contributed by atoms with Gasteiger partial charge in [-0.1, -0.05) is 36.4 Å². The number of epoxide rings is 1. The van der Waals surface area contributed by atoms with Crippen molar-refractivity contribution in [1.29, 1.82) is 0 Å². The molecule has 7 heteroatoms. The lowest BCUT2D eigenvalue weighted by Crippen LogP contribution is -2.49. The number of carbonyl (C=O) groups is 3. The van der Waals surface area contributed by atoms with Gasteiger partial charge in [-0.05, 0) is 5.56 Å². The van der Waals surface area contributed by atoms with E-state index in [9.17, 15) is 14.4 Å². The van der Waals surface area contributed by atoms with Gasteiger partial charge in [0.2, 0.25) is 5.91 Å². The Labute approximate surface area is 133 Å². The molecular formula is C16H18N2O5. The molecule has 1 aromatic carbocycles. The van der Waals surface area contributed by atoms with Crippen LogP contribution < -0.4 is 10.6 Å². The van der Waals surface area contributed by atoms with E-state index in [1.165, 1.54) is 6.08 Å². The fraction of sp³-hybridized carbons (Fsp3) is 0.312. The summed E-state index contributed by atoms with van der Waals surface area (Å²) in [5, 5.41) is 13.9. The van der Waals surface area contributed by atoms with Gasteiger partial charge in [-0.2, -0.15) is 0 Å². The van der Waals surface area contributed by atoms with Crippen LogP contribution in [0.5, 0.6) is 0 Å². The topological polar surface area (TPSA) is 108 Å². The molecule has 0 spiro atoms. The zero-order valence-corrected chi connectivity index (χ0v) is 12.4. The number of nitrogens with one attached hydrogen (secondary N) is 2. The summed E-state index contributed by atoms with van der Waals surface area (Å²) in [5.74, 6) is -2.16. The van der Waals surface area contributed by atoms with Crippen LogP contribution in [0.4, 0.5) is 0 Å². The fourth-order valence-electron chi connectivity index (χ4n) is 2.11. The van der Waals surface area contributed by atoms with Gasteiger partial charge in [0, 0.05) is 13.0 Å². The number of carboxylic acids is 1. The lowest BCUT2D eigenvalue weighted by atomic mass is 10.0. The third-order valence-electron chi connectivity index (χ3n) is 3.33. The molecule has 1 aromatic rings. The molecular weight excluding hydrogens is 300 g/mol. The maximum Gasteiger partial charge on any atom is 0.336 e. The molecule has 3 atom stereocenters. The zero-order chi connectivity index (χ0) is 16.8. The molecule has 1 aliphatic heterocycles. The van der Waals surface area contributed by atoms with Crippen molar-refractivity contribution in [2.45, 2.75) is 24.7 Å². The molecule has 1 saturated heterocycles. The number of hydrogen-bond acceptors (Lipinski definition) is 4. The van der Waals surface area contributed by atoms with E-state index in [0.29, 0.717) is 6.42 Å². The van der Waals surface area contributed by atoms with Crippen LogP contribution in [0.2, 0.25) is 0 Å². The number of benzene rings is 1. The number of ether oxygens (including phenoxy) is 1. The third kappa shape index (κ3) is 4.65. The first-order chi connectivity index (χ1) is 11.0. The van der Waals surface area contributed by atoms with E-state index in [0.717, 1.165) is 5.56 Å². The highest BCUT2D eigenvalue weighted by Gasteiger charge is 2.51. The average Bonchev–Trinajstić information content (AvgIpc) is 3.34. The van der Waals surface area contributed by atoms with Crippen LogP contribution in [-0.2, 0) is 25.5 Å². The van der Waals surface area contributed by atoms with Gasteiger partial charge in [0.15, 0.2) is 12.2 Å². The van der Waals surface area contributed by atoms with Gasteiger partial charge < -0.3 is 20.5 Å². The second-order valence-electron chi connectivity index (χ2n) is 5.10. The predicted molar refractivity (Wildman–Crippen MR) is 81.6 cm³/mol. The third-order valence-corrected chi connectivity index (χ3v) is 3.33. The summed E-state index contributed by atoms with van der Waals surface area (Å²) in [6.07, 6.45) is -0.356. The van der Waals surface area contributed by atoms with Gasteiger partial charge >= 0.3 is 5.97 Å². The zero-order valence-electron chi connectivity index (χ0n) is 12.4. The average molecular weight is 318 g/mol. The summed E-state index contributed by atoms with van der Waals surface area (Å²) < 4.78 is 4.79. The second-order valence-corrected chi connectivity index (χ2v) is 5.10. The van der Waals surface area contributed by atoms with Gasteiger partial charge in [0.05, 0.1) is 0 Å². The predicted octanol–water partition coefficient (Wildman–Crippen LogP) is -0.132. The first-order valence-corrected chi connectivity index (χ1v) is 7.14. The standard InChI is InChI=1S/C16H18N2O5/c1-2-8-17-14(19)11(9-10-6-4-3-5-7-10)18-15(20)12-13(23-12)16(21)22/h2-7,11-13H,1,8-9H2,(H,17,19)(H,18,20)(H,21,22)/t11-,12-,13-/m0/s1. The summed E-state index contributed by atoms with van der Waals surface area (Å²) in [7, 11) is 0. The molecule has 0 saturated carbocycles. The van der Waals surface area contributed by atoms with Crippen LogP contribution in [0, 0.1) is 0 Å². The fourth-order valence-corrected chi connectivity index (χ4v) is 2.11. The van der Waals surface area contributed by atoms with E-state index in [1.54, 1.807) is 0 Å². The molecule has 122 valence electrons. The van der Waals surface area contributed by atoms with Crippen molar-refractivity contribution in [1.82, 2.24) is 10.6 Å². The number of carboxylic acid groups (broad SMARTS) is 1. The highest BCUT2D eigenvalue weighted by molar-refractivity contribution is 5.95. The summed E-state index contributed by atoms with van der Waals surface area (Å²) in [6, 6.07) is 8.38. The molecule has 1 heterocycles. The Morgan fingerprint density at radius 2 is 1.96 bits per heavy atom. The molecule has 0 unspecified atom stereocenters. The highest BCUT2D eigenvalue weighted by atomic mass is 16.6. The molecule has 2 amide bonds. The Morgan fingerprint density at radius 1 is 1.26 bits per heavy atom. The molecule has 0 bridgehead atoms. The number of rotatable bonds is 8. The molecule has 1 aliphatic rings. The molecule has 23 heavy (non-hydrogen) atoms. The minimum absolute atomic E-state index is 0.275. The lowest BCUT2D eigenvalue weighted by Gasteiger charge is -2.17. The Kier molecular flexibility index (Phi) is 5.48. The van der Waals surface area contributed by atoms with Gasteiger partial charge in [-0.3, -0.25) is 9.59 Å². The molecule has 0 radical (unpaired) electrons. The van der Waals surface area contributed by atoms with Crippen molar-refractivity contribution >= 4 is 17.8 Å². The Bertz CT molecular complexity index is 602. The van der Waals surface area contributed by atoms with Crippen LogP contribution in [0.3, 0.4) is 0 Å². The number of hydrogen-bond donors (Lipinski definition) is 3. The quantitative estimate of drug-likeness (QED) is 0.457. The minimum atomic E-state index is -1.19. The van der Waals surface area contributed by atoms with Crippen LogP contribution in [0.1, 0.15) is 5.56 Å². The van der Waals surface area contributed by atoms with Crippen LogP contribution in [0.25, 0.3) is 0 Å². The van der Waals surface area contributed by atoms with Crippen LogP contribution in [0.15, 0.2) is 43.0 Å². The maximum absolute atomic E-state index is 12.2. The second kappa shape index (κ2) is 7.55. The molecule has 3 N–H and O–H groups in total. The number of amides is 2. The minimum Gasteiger partial charge on any atom is -0.479 e. The van der Waals surface area contributed by atoms with E-state index in [-0.39, 0.29) is 12.5 Å². The lowest BCUT2D eigenvalue weighted by molar-refractivity contribution is -0.138. The van der Waals surface area contributed by atoms with Crippen molar-refractivity contribution in [3.05, 3.63) is 48.6 Å². The molecule has 0 aromatic heterocycles. The molecule has 2 rings (SSSR count). The molecule has 7 nitrogen and oxygen atoms in total. The van der Waals surface area contributed by atoms with E-state index in [2.05, 4.69) is 17.2 Å². The van der Waals surface area contributed by atoms with Gasteiger partial charge in [0.25, 0.3) is 5.91 Å². The largest absolute Gasteiger partial charge is 0.479 e. The number of aliphatic carboxylic acids is 1. The first-order valence-electron chi connectivity index (χ1n) is 7.14. The monoisotopic (exact) mass is 318 g/mol. The van der Waals surface area contributed by atoms with Crippen molar-refractivity contribution in [3.8, 4) is 0 Å². The first kappa shape index (κ1) is 16.7. The Balaban J connectivity index is 2.01. The Hall–Kier alpha value is -2.67. The van der Waals surface area contributed by atoms with Gasteiger partial charge in [0.1, 0.15) is 6.04 Å². The van der Waals surface area contributed by atoms with Gasteiger partial charge in [-0.15, -0.1) is 6.58 Å². The van der Waals surface area contributed by atoms with Crippen molar-refractivity contribution < 1.29 is 24.2 Å². The molecule has 1 fully saturated rings. The SMILES string of the molecule is C=CCNC(=O)[C@H](Cc1ccccc1)NC(=O)[C@H]1O[C@@H]1C(=O)O. The van der Waals surface area contributed by atoms with Crippen molar-refractivity contribution in [3.63, 3.8) is 0 Å². The summed E-state index contributed by atoms with van der Waals surface area (Å²) in [4.78, 5) is 34.9. The summed E-state index contributed by atoms with van der Waals surface area (Å²) in [5.41, 5.74) is 0.873. The van der Waals surface area contributed by atoms with E-state index >= 15 is 0 Å². The number of carbonyl (C=O) groups excluding carboxylic acids is 2. The van der Waals surface area contributed by atoms with Gasteiger partial charge in [-0.25, -0.2) is 4.79 Å². The van der Waals surface area contributed by atoms with Crippen molar-refractivity contribution in [2.24, 2.45) is 0 Å². The van der Waals surface area contributed by atoms with E-state index in [1.807, 2.05) is 30.3 Å². The molecule has 0 aliphatic carbocycles. The van der Waals surface area contributed by atoms with E-state index in [4.69, 9.17) is 9.84 Å². The maximum atomic E-state index is 12.2. The Morgan fingerprint density at radius 3 is 2.52 bits per heavy atom.